The van der Waals surface area contributed by atoms with Crippen molar-refractivity contribution in [3.63, 3.8) is 0 Å². The highest BCUT2D eigenvalue weighted by molar-refractivity contribution is 6.15. The van der Waals surface area contributed by atoms with Gasteiger partial charge < -0.3 is 5.32 Å². The topological polar surface area (TPSA) is 55.9 Å². The van der Waals surface area contributed by atoms with E-state index in [1.54, 1.807) is 0 Å². The van der Waals surface area contributed by atoms with E-state index in [1.807, 2.05) is 29.2 Å². The summed E-state index contributed by atoms with van der Waals surface area (Å²) in [5.74, 6) is 0.0373. The van der Waals surface area contributed by atoms with Crippen LogP contribution in [0.2, 0.25) is 0 Å². The Morgan fingerprint density at radius 2 is 1.76 bits per heavy atom. The summed E-state index contributed by atoms with van der Waals surface area (Å²) in [5.41, 5.74) is 1.04. The number of para-hydroxylation sites is 2. The molecule has 0 unspecified atom stereocenters. The molecule has 0 aromatic heterocycles. The third-order valence-electron chi connectivity index (χ3n) is 6.82. The smallest absolute Gasteiger partial charge is 0.250 e. The lowest BCUT2D eigenvalue weighted by atomic mass is 9.89. The van der Waals surface area contributed by atoms with Crippen LogP contribution in [0, 0.1) is 0 Å². The first-order chi connectivity index (χ1) is 13.8. The second-order valence-corrected chi connectivity index (χ2v) is 9.73. The maximum atomic E-state index is 13.6. The van der Waals surface area contributed by atoms with Crippen LogP contribution in [0.4, 0.5) is 11.4 Å². The summed E-state index contributed by atoms with van der Waals surface area (Å²) in [6.45, 7) is 11.0. The van der Waals surface area contributed by atoms with Crippen LogP contribution in [0.15, 0.2) is 24.3 Å². The van der Waals surface area contributed by atoms with Gasteiger partial charge in [-0.2, -0.15) is 0 Å². The molecular formula is C23H34N4O2. The molecule has 1 N–H and O–H groups in total. The fraction of sp³-hybridized carbons (Fsp3) is 0.652. The summed E-state index contributed by atoms with van der Waals surface area (Å²) < 4.78 is 0. The molecule has 1 aliphatic carbocycles. The van der Waals surface area contributed by atoms with Crippen LogP contribution in [0.25, 0.3) is 0 Å². The molecule has 1 spiro atoms. The summed E-state index contributed by atoms with van der Waals surface area (Å²) in [7, 11) is 0. The van der Waals surface area contributed by atoms with Gasteiger partial charge in [-0.05, 0) is 65.3 Å². The first-order valence-corrected chi connectivity index (χ1v) is 11.0. The van der Waals surface area contributed by atoms with Crippen LogP contribution in [0.5, 0.6) is 0 Å². The van der Waals surface area contributed by atoms with Gasteiger partial charge in [-0.1, -0.05) is 25.0 Å². The fourth-order valence-corrected chi connectivity index (χ4v) is 5.19. The molecule has 1 saturated carbocycles. The molecule has 2 fully saturated rings. The lowest BCUT2D eigenvalue weighted by molar-refractivity contribution is -0.128. The Balaban J connectivity index is 1.56. The highest BCUT2D eigenvalue weighted by Gasteiger charge is 2.52. The highest BCUT2D eigenvalue weighted by Crippen LogP contribution is 2.45. The average molecular weight is 399 g/mol. The van der Waals surface area contributed by atoms with Crippen molar-refractivity contribution in [3.05, 3.63) is 24.3 Å². The van der Waals surface area contributed by atoms with Gasteiger partial charge in [0.2, 0.25) is 5.91 Å². The van der Waals surface area contributed by atoms with E-state index >= 15 is 0 Å². The van der Waals surface area contributed by atoms with Gasteiger partial charge >= 0.3 is 0 Å². The van der Waals surface area contributed by atoms with Crippen molar-refractivity contribution in [2.75, 3.05) is 42.9 Å². The van der Waals surface area contributed by atoms with Crippen LogP contribution in [-0.2, 0) is 9.59 Å². The Morgan fingerprint density at radius 3 is 2.48 bits per heavy atom. The number of nitrogens with one attached hydrogen (secondary N) is 1. The summed E-state index contributed by atoms with van der Waals surface area (Å²) in [5, 5.41) is 3.06. The van der Waals surface area contributed by atoms with Gasteiger partial charge in [0.05, 0.1) is 17.9 Å². The Bertz CT molecular complexity index is 779. The van der Waals surface area contributed by atoms with E-state index in [-0.39, 0.29) is 17.4 Å². The van der Waals surface area contributed by atoms with Crippen LogP contribution in [-0.4, -0.2) is 65.4 Å². The largest absolute Gasteiger partial charge is 0.322 e. The van der Waals surface area contributed by atoms with Crippen LogP contribution in [0.3, 0.4) is 0 Å². The molecule has 3 aliphatic rings. The van der Waals surface area contributed by atoms with Crippen molar-refractivity contribution < 1.29 is 9.59 Å². The van der Waals surface area contributed by atoms with E-state index in [0.29, 0.717) is 6.54 Å². The highest BCUT2D eigenvalue weighted by atomic mass is 16.2. The van der Waals surface area contributed by atoms with Gasteiger partial charge in [-0.25, -0.2) is 0 Å². The molecule has 158 valence electrons. The third kappa shape index (κ3) is 3.80. The number of nitrogens with zero attached hydrogens (tertiary/aromatic N) is 3. The number of amides is 2. The minimum absolute atomic E-state index is 0.0168. The predicted octanol–water partition coefficient (Wildman–Crippen LogP) is 3.09. The maximum absolute atomic E-state index is 13.6. The summed E-state index contributed by atoms with van der Waals surface area (Å²) >= 11 is 0. The second kappa shape index (κ2) is 7.73. The Morgan fingerprint density at radius 1 is 1.03 bits per heavy atom. The van der Waals surface area contributed by atoms with E-state index in [1.165, 1.54) is 0 Å². The Labute approximate surface area is 174 Å². The number of rotatable bonds is 2. The maximum Gasteiger partial charge on any atom is 0.250 e. The van der Waals surface area contributed by atoms with E-state index in [0.717, 1.165) is 69.7 Å². The zero-order valence-electron chi connectivity index (χ0n) is 18.0. The molecule has 0 bridgehead atoms. The van der Waals surface area contributed by atoms with E-state index < -0.39 is 5.54 Å². The van der Waals surface area contributed by atoms with E-state index in [4.69, 9.17) is 0 Å². The Hall–Kier alpha value is -1.92. The number of benzene rings is 1. The van der Waals surface area contributed by atoms with Crippen molar-refractivity contribution in [2.45, 2.75) is 64.0 Å². The number of carbonyl (C=O) groups is 2. The van der Waals surface area contributed by atoms with E-state index in [2.05, 4.69) is 35.9 Å². The first-order valence-electron chi connectivity index (χ1n) is 11.0. The molecule has 0 atom stereocenters. The first kappa shape index (κ1) is 20.4. The molecule has 0 radical (unpaired) electrons. The predicted molar refractivity (Wildman–Crippen MR) is 116 cm³/mol. The van der Waals surface area contributed by atoms with Gasteiger partial charge in [0.1, 0.15) is 5.54 Å². The SMILES string of the molecule is CC(C)(C)N1CCCN(CC(=O)N2c3ccccc3NC(=O)C23CCCC3)CC1. The Kier molecular flexibility index (Phi) is 5.42. The van der Waals surface area contributed by atoms with Gasteiger partial charge in [-0.3, -0.25) is 24.3 Å². The normalized spacial score (nSPS) is 23.0. The number of hydrogen-bond acceptors (Lipinski definition) is 4. The van der Waals surface area contributed by atoms with Crippen molar-refractivity contribution in [3.8, 4) is 0 Å². The van der Waals surface area contributed by atoms with Crippen molar-refractivity contribution >= 4 is 23.2 Å². The van der Waals surface area contributed by atoms with Crippen molar-refractivity contribution in [2.24, 2.45) is 0 Å². The molecule has 1 saturated heterocycles. The van der Waals surface area contributed by atoms with E-state index in [9.17, 15) is 9.59 Å². The molecule has 2 aliphatic heterocycles. The molecule has 1 aromatic rings. The lowest BCUT2D eigenvalue weighted by Crippen LogP contribution is -2.62. The van der Waals surface area contributed by atoms with Gasteiger partial charge in [-0.15, -0.1) is 0 Å². The average Bonchev–Trinajstić information content (AvgIpc) is 3.01. The van der Waals surface area contributed by atoms with Crippen molar-refractivity contribution in [1.29, 1.82) is 0 Å². The molecule has 6 nitrogen and oxygen atoms in total. The summed E-state index contributed by atoms with van der Waals surface area (Å²) in [4.78, 5) is 33.3. The molecule has 2 amide bonds. The van der Waals surface area contributed by atoms with Gasteiger partial charge in [0.25, 0.3) is 5.91 Å². The monoisotopic (exact) mass is 398 g/mol. The molecular weight excluding hydrogens is 364 g/mol. The fourth-order valence-electron chi connectivity index (χ4n) is 5.19. The minimum atomic E-state index is -0.714. The van der Waals surface area contributed by atoms with Crippen LogP contribution in [0.1, 0.15) is 52.9 Å². The van der Waals surface area contributed by atoms with Crippen LogP contribution >= 0.6 is 0 Å². The zero-order valence-corrected chi connectivity index (χ0v) is 18.0. The number of hydrogen-bond donors (Lipinski definition) is 1. The number of carbonyl (C=O) groups excluding carboxylic acids is 2. The lowest BCUT2D eigenvalue weighted by Gasteiger charge is -2.45. The quantitative estimate of drug-likeness (QED) is 0.832. The standard InChI is InChI=1S/C23H34N4O2/c1-22(2,3)26-14-8-13-25(15-16-26)17-20(28)27-19-10-5-4-9-18(19)24-21(29)23(27)11-6-7-12-23/h4-5,9-10H,6-8,11-17H2,1-3H3,(H,24,29). The second-order valence-electron chi connectivity index (χ2n) is 9.73. The molecule has 6 heteroatoms. The van der Waals surface area contributed by atoms with Gasteiger partial charge in [0.15, 0.2) is 0 Å². The van der Waals surface area contributed by atoms with Crippen LogP contribution < -0.4 is 10.2 Å². The molecule has 29 heavy (non-hydrogen) atoms. The minimum Gasteiger partial charge on any atom is -0.322 e. The third-order valence-corrected chi connectivity index (χ3v) is 6.82. The summed E-state index contributed by atoms with van der Waals surface area (Å²) in [6.07, 6.45) is 4.54. The number of anilines is 2. The molecule has 1 aromatic carbocycles. The molecule has 4 rings (SSSR count). The zero-order chi connectivity index (χ0) is 20.6. The van der Waals surface area contributed by atoms with Gasteiger partial charge in [0, 0.05) is 18.6 Å². The van der Waals surface area contributed by atoms with Crippen molar-refractivity contribution in [1.82, 2.24) is 9.80 Å². The summed E-state index contributed by atoms with van der Waals surface area (Å²) in [6, 6.07) is 7.72. The molecule has 2 heterocycles. The number of fused-ring (bicyclic) bond motifs is 1.